The highest BCUT2D eigenvalue weighted by molar-refractivity contribution is 5.83. The maximum Gasteiger partial charge on any atom is 0.276 e. The molecular formula is C21H22FN3O3. The van der Waals surface area contributed by atoms with E-state index in [0.717, 1.165) is 31.9 Å². The number of nitrogens with zero attached hydrogens (tertiary/aromatic N) is 3. The Morgan fingerprint density at radius 2 is 1.75 bits per heavy atom. The average Bonchev–Trinajstić information content (AvgIpc) is 2.69. The summed E-state index contributed by atoms with van der Waals surface area (Å²) in [7, 11) is 0. The second-order valence-electron chi connectivity index (χ2n) is 6.70. The normalized spacial score (nSPS) is 15.1. The number of nitro benzene ring substituents is 1. The molecule has 2 aromatic rings. The number of carbonyl (C=O) groups is 1. The van der Waals surface area contributed by atoms with Crippen molar-refractivity contribution in [2.45, 2.75) is 6.42 Å². The molecule has 0 bridgehead atoms. The van der Waals surface area contributed by atoms with Gasteiger partial charge in [-0.3, -0.25) is 19.8 Å². The number of Topliss-reactive ketones (excluding diaryl/α,β-unsaturated/α-hetero) is 1. The first-order chi connectivity index (χ1) is 13.5. The number of para-hydroxylation sites is 1. The summed E-state index contributed by atoms with van der Waals surface area (Å²) in [5.41, 5.74) is 1.51. The van der Waals surface area contributed by atoms with Crippen LogP contribution in [-0.4, -0.2) is 48.3 Å². The van der Waals surface area contributed by atoms with Crippen LogP contribution in [0.25, 0.3) is 6.08 Å². The molecule has 1 saturated heterocycles. The molecule has 1 heterocycles. The Hall–Kier alpha value is -3.06. The summed E-state index contributed by atoms with van der Waals surface area (Å²) < 4.78 is 13.0. The van der Waals surface area contributed by atoms with Crippen molar-refractivity contribution in [2.24, 2.45) is 0 Å². The molecule has 0 saturated carbocycles. The lowest BCUT2D eigenvalue weighted by molar-refractivity contribution is -0.385. The SMILES string of the molecule is O=C(CC=Cc1ccccc1[N+](=O)[O-])CN1CCN(c2ccc(F)cc2)CC1. The molecule has 1 fully saturated rings. The van der Waals surface area contributed by atoms with E-state index in [0.29, 0.717) is 12.1 Å². The zero-order chi connectivity index (χ0) is 19.9. The summed E-state index contributed by atoms with van der Waals surface area (Å²) in [6, 6.07) is 12.9. The van der Waals surface area contributed by atoms with Crippen molar-refractivity contribution in [2.75, 3.05) is 37.6 Å². The number of hydrogen-bond acceptors (Lipinski definition) is 5. The summed E-state index contributed by atoms with van der Waals surface area (Å²) in [4.78, 5) is 27.1. The minimum Gasteiger partial charge on any atom is -0.369 e. The molecule has 1 aliphatic heterocycles. The van der Waals surface area contributed by atoms with Crippen molar-refractivity contribution in [1.82, 2.24) is 4.90 Å². The molecule has 0 N–H and O–H groups in total. The van der Waals surface area contributed by atoms with Gasteiger partial charge in [-0.2, -0.15) is 0 Å². The van der Waals surface area contributed by atoms with Crippen molar-refractivity contribution in [3.05, 3.63) is 76.1 Å². The van der Waals surface area contributed by atoms with Gasteiger partial charge in [0.05, 0.1) is 17.0 Å². The number of ketones is 1. The van der Waals surface area contributed by atoms with Crippen LogP contribution in [0.3, 0.4) is 0 Å². The van der Waals surface area contributed by atoms with Gasteiger partial charge in [-0.05, 0) is 30.3 Å². The van der Waals surface area contributed by atoms with Gasteiger partial charge in [0, 0.05) is 44.4 Å². The topological polar surface area (TPSA) is 66.7 Å². The number of allylic oxidation sites excluding steroid dienone is 1. The fourth-order valence-electron chi connectivity index (χ4n) is 3.24. The Bertz CT molecular complexity index is 859. The Morgan fingerprint density at radius 3 is 2.43 bits per heavy atom. The molecule has 0 amide bonds. The van der Waals surface area contributed by atoms with E-state index in [2.05, 4.69) is 9.80 Å². The van der Waals surface area contributed by atoms with E-state index in [1.165, 1.54) is 18.2 Å². The smallest absolute Gasteiger partial charge is 0.276 e. The van der Waals surface area contributed by atoms with Gasteiger partial charge in [0.15, 0.2) is 5.78 Å². The second-order valence-corrected chi connectivity index (χ2v) is 6.70. The lowest BCUT2D eigenvalue weighted by Crippen LogP contribution is -2.47. The van der Waals surface area contributed by atoms with Crippen LogP contribution in [0, 0.1) is 15.9 Å². The van der Waals surface area contributed by atoms with E-state index in [1.807, 2.05) is 0 Å². The van der Waals surface area contributed by atoms with Crippen molar-refractivity contribution >= 4 is 23.2 Å². The molecule has 0 atom stereocenters. The van der Waals surface area contributed by atoms with E-state index in [4.69, 9.17) is 0 Å². The predicted octanol–water partition coefficient (Wildman–Crippen LogP) is 3.53. The number of piperazine rings is 1. The maximum absolute atomic E-state index is 13.0. The van der Waals surface area contributed by atoms with E-state index in [1.54, 1.807) is 42.5 Å². The molecule has 146 valence electrons. The highest BCUT2D eigenvalue weighted by Gasteiger charge is 2.19. The number of nitro groups is 1. The van der Waals surface area contributed by atoms with E-state index >= 15 is 0 Å². The molecule has 7 heteroatoms. The minimum absolute atomic E-state index is 0.0307. The zero-order valence-corrected chi connectivity index (χ0v) is 15.5. The number of hydrogen-bond donors (Lipinski definition) is 0. The third-order valence-electron chi connectivity index (χ3n) is 4.74. The van der Waals surface area contributed by atoms with Gasteiger partial charge in [0.1, 0.15) is 5.82 Å². The molecule has 1 aliphatic rings. The van der Waals surface area contributed by atoms with Crippen LogP contribution in [0.5, 0.6) is 0 Å². The fraction of sp³-hybridized carbons (Fsp3) is 0.286. The number of carbonyl (C=O) groups excluding carboxylic acids is 1. The predicted molar refractivity (Wildman–Crippen MR) is 107 cm³/mol. The first kappa shape index (κ1) is 19.7. The highest BCUT2D eigenvalue weighted by Crippen LogP contribution is 2.19. The Labute approximate surface area is 163 Å². The summed E-state index contributed by atoms with van der Waals surface area (Å²) in [6.07, 6.45) is 3.55. The van der Waals surface area contributed by atoms with Crippen LogP contribution in [0.15, 0.2) is 54.6 Å². The average molecular weight is 383 g/mol. The Kier molecular flexibility index (Phi) is 6.49. The zero-order valence-electron chi connectivity index (χ0n) is 15.5. The third-order valence-corrected chi connectivity index (χ3v) is 4.74. The van der Waals surface area contributed by atoms with E-state index in [9.17, 15) is 19.3 Å². The van der Waals surface area contributed by atoms with Crippen LogP contribution >= 0.6 is 0 Å². The van der Waals surface area contributed by atoms with Gasteiger partial charge < -0.3 is 4.90 Å². The van der Waals surface area contributed by atoms with Gasteiger partial charge in [0.2, 0.25) is 0 Å². The number of anilines is 1. The van der Waals surface area contributed by atoms with Gasteiger partial charge >= 0.3 is 0 Å². The largest absolute Gasteiger partial charge is 0.369 e. The molecule has 0 aromatic heterocycles. The monoisotopic (exact) mass is 383 g/mol. The number of halogens is 1. The molecule has 3 rings (SSSR count). The van der Waals surface area contributed by atoms with Gasteiger partial charge in [-0.1, -0.05) is 24.3 Å². The lowest BCUT2D eigenvalue weighted by Gasteiger charge is -2.35. The summed E-state index contributed by atoms with van der Waals surface area (Å²) >= 11 is 0. The first-order valence-corrected chi connectivity index (χ1v) is 9.17. The lowest BCUT2D eigenvalue weighted by atomic mass is 10.1. The van der Waals surface area contributed by atoms with Crippen LogP contribution in [-0.2, 0) is 4.79 Å². The Morgan fingerprint density at radius 1 is 1.07 bits per heavy atom. The van der Waals surface area contributed by atoms with Gasteiger partial charge in [0.25, 0.3) is 5.69 Å². The molecule has 28 heavy (non-hydrogen) atoms. The molecule has 2 aromatic carbocycles. The van der Waals surface area contributed by atoms with Gasteiger partial charge in [-0.15, -0.1) is 0 Å². The van der Waals surface area contributed by atoms with Crippen LogP contribution < -0.4 is 4.90 Å². The van der Waals surface area contributed by atoms with Crippen LogP contribution in [0.2, 0.25) is 0 Å². The Balaban J connectivity index is 1.46. The quantitative estimate of drug-likeness (QED) is 0.541. The summed E-state index contributed by atoms with van der Waals surface area (Å²) in [6.45, 7) is 3.45. The van der Waals surface area contributed by atoms with Crippen molar-refractivity contribution in [1.29, 1.82) is 0 Å². The van der Waals surface area contributed by atoms with E-state index in [-0.39, 0.29) is 23.7 Å². The summed E-state index contributed by atoms with van der Waals surface area (Å²) in [5.74, 6) is -0.174. The number of rotatable bonds is 7. The number of benzene rings is 2. The fourth-order valence-corrected chi connectivity index (χ4v) is 3.24. The molecular weight excluding hydrogens is 361 g/mol. The maximum atomic E-state index is 13.0. The molecule has 6 nitrogen and oxygen atoms in total. The highest BCUT2D eigenvalue weighted by atomic mass is 19.1. The standard InChI is InChI=1S/C21H22FN3O3/c22-18-8-10-19(11-9-18)24-14-12-23(13-15-24)16-20(26)6-3-5-17-4-1-2-7-21(17)25(27)28/h1-5,7-11H,6,12-16H2. The van der Waals surface area contributed by atoms with Crippen molar-refractivity contribution < 1.29 is 14.1 Å². The minimum atomic E-state index is -0.428. The molecule has 0 spiro atoms. The van der Waals surface area contributed by atoms with Crippen LogP contribution in [0.4, 0.5) is 15.8 Å². The van der Waals surface area contributed by atoms with Gasteiger partial charge in [-0.25, -0.2) is 4.39 Å². The third kappa shape index (κ3) is 5.23. The summed E-state index contributed by atoms with van der Waals surface area (Å²) in [5, 5.41) is 11.0. The van der Waals surface area contributed by atoms with Crippen molar-refractivity contribution in [3.8, 4) is 0 Å². The second kappa shape index (κ2) is 9.23. The molecule has 0 aliphatic carbocycles. The molecule has 0 radical (unpaired) electrons. The van der Waals surface area contributed by atoms with Crippen LogP contribution in [0.1, 0.15) is 12.0 Å². The van der Waals surface area contributed by atoms with E-state index < -0.39 is 4.92 Å². The first-order valence-electron chi connectivity index (χ1n) is 9.17. The molecule has 0 unspecified atom stereocenters. The van der Waals surface area contributed by atoms with Crippen molar-refractivity contribution in [3.63, 3.8) is 0 Å².